The second-order valence-corrected chi connectivity index (χ2v) is 7.05. The van der Waals surface area contributed by atoms with Crippen molar-refractivity contribution in [3.8, 4) is 0 Å². The first-order chi connectivity index (χ1) is 13.0. The molecule has 2 aromatic rings. The van der Waals surface area contributed by atoms with Crippen molar-refractivity contribution in [1.29, 1.82) is 0 Å². The third kappa shape index (κ3) is 3.45. The second-order valence-electron chi connectivity index (χ2n) is 5.90. The summed E-state index contributed by atoms with van der Waals surface area (Å²) >= 11 is 1.52. The van der Waals surface area contributed by atoms with E-state index in [1.807, 2.05) is 24.3 Å². The number of imide groups is 2. The SMILES string of the molecule is O=C1C=C(c2ccc(Sc3ccc(C4=CC(=O)NC4=O)cc3)cc2)C(=O)N1. The van der Waals surface area contributed by atoms with Crippen LogP contribution in [0.2, 0.25) is 0 Å². The van der Waals surface area contributed by atoms with Gasteiger partial charge in [-0.2, -0.15) is 0 Å². The molecule has 6 nitrogen and oxygen atoms in total. The molecule has 0 saturated carbocycles. The highest BCUT2D eigenvalue weighted by Crippen LogP contribution is 2.30. The van der Waals surface area contributed by atoms with Crippen molar-refractivity contribution in [2.75, 3.05) is 0 Å². The molecule has 0 aromatic heterocycles. The Bertz CT molecular complexity index is 965. The van der Waals surface area contributed by atoms with Crippen LogP contribution < -0.4 is 10.6 Å². The number of benzene rings is 2. The summed E-state index contributed by atoms with van der Waals surface area (Å²) in [7, 11) is 0. The number of carbonyl (C=O) groups excluding carboxylic acids is 4. The summed E-state index contributed by atoms with van der Waals surface area (Å²) in [4.78, 5) is 47.8. The van der Waals surface area contributed by atoms with Crippen LogP contribution in [-0.2, 0) is 19.2 Å². The summed E-state index contributed by atoms with van der Waals surface area (Å²) in [6.07, 6.45) is 2.59. The van der Waals surface area contributed by atoms with Gasteiger partial charge < -0.3 is 0 Å². The third-order valence-corrected chi connectivity index (χ3v) is 5.10. The van der Waals surface area contributed by atoms with Gasteiger partial charge in [0.15, 0.2) is 0 Å². The number of rotatable bonds is 4. The third-order valence-electron chi connectivity index (χ3n) is 4.08. The smallest absolute Gasteiger partial charge is 0.258 e. The van der Waals surface area contributed by atoms with Crippen LogP contribution in [-0.4, -0.2) is 23.6 Å². The fraction of sp³-hybridized carbons (Fsp3) is 0. The normalized spacial score (nSPS) is 16.1. The van der Waals surface area contributed by atoms with Crippen LogP contribution in [0.25, 0.3) is 11.1 Å². The monoisotopic (exact) mass is 376 g/mol. The topological polar surface area (TPSA) is 92.3 Å². The number of hydrogen-bond donors (Lipinski definition) is 2. The summed E-state index contributed by atoms with van der Waals surface area (Å²) in [6.45, 7) is 0. The van der Waals surface area contributed by atoms with E-state index in [4.69, 9.17) is 0 Å². The van der Waals surface area contributed by atoms with Gasteiger partial charge in [-0.25, -0.2) is 0 Å². The Morgan fingerprint density at radius 2 is 0.926 bits per heavy atom. The summed E-state index contributed by atoms with van der Waals surface area (Å²) in [5, 5.41) is 4.45. The van der Waals surface area contributed by atoms with Crippen LogP contribution in [0.3, 0.4) is 0 Å². The second kappa shape index (κ2) is 6.69. The zero-order valence-corrected chi connectivity index (χ0v) is 14.6. The van der Waals surface area contributed by atoms with Gasteiger partial charge in [0.2, 0.25) is 0 Å². The van der Waals surface area contributed by atoms with Gasteiger partial charge in [-0.3, -0.25) is 29.8 Å². The molecule has 0 atom stereocenters. The number of hydrogen-bond acceptors (Lipinski definition) is 5. The molecule has 0 saturated heterocycles. The van der Waals surface area contributed by atoms with Gasteiger partial charge in [0.1, 0.15) is 0 Å². The molecule has 7 heteroatoms. The molecule has 132 valence electrons. The Morgan fingerprint density at radius 3 is 1.22 bits per heavy atom. The van der Waals surface area contributed by atoms with E-state index < -0.39 is 11.8 Å². The lowest BCUT2D eigenvalue weighted by Gasteiger charge is -2.06. The molecule has 2 aliphatic heterocycles. The lowest BCUT2D eigenvalue weighted by atomic mass is 10.1. The van der Waals surface area contributed by atoms with Gasteiger partial charge in [-0.05, 0) is 35.4 Å². The molecule has 2 N–H and O–H groups in total. The fourth-order valence-electron chi connectivity index (χ4n) is 2.79. The van der Waals surface area contributed by atoms with E-state index in [0.29, 0.717) is 22.3 Å². The predicted molar refractivity (Wildman–Crippen MR) is 99.3 cm³/mol. The first-order valence-electron chi connectivity index (χ1n) is 8.02. The highest BCUT2D eigenvalue weighted by Gasteiger charge is 2.22. The zero-order valence-electron chi connectivity index (χ0n) is 13.8. The van der Waals surface area contributed by atoms with Gasteiger partial charge in [0, 0.05) is 21.9 Å². The standard InChI is InChI=1S/C20H12N2O4S/c23-17-9-15(19(25)21-17)11-1-5-13(6-2-11)27-14-7-3-12(4-8-14)16-10-18(24)22-20(16)26/h1-10H,(H,21,23,25)(H,22,24,26). The van der Waals surface area contributed by atoms with Gasteiger partial charge in [0.25, 0.3) is 23.6 Å². The highest BCUT2D eigenvalue weighted by atomic mass is 32.2. The minimum absolute atomic E-state index is 0.360. The van der Waals surface area contributed by atoms with E-state index in [9.17, 15) is 19.2 Å². The highest BCUT2D eigenvalue weighted by molar-refractivity contribution is 7.99. The largest absolute Gasteiger partial charge is 0.289 e. The quantitative estimate of drug-likeness (QED) is 0.796. The average molecular weight is 376 g/mol. The lowest BCUT2D eigenvalue weighted by molar-refractivity contribution is -0.124. The van der Waals surface area contributed by atoms with Crippen molar-refractivity contribution < 1.29 is 19.2 Å². The van der Waals surface area contributed by atoms with Crippen molar-refractivity contribution >= 4 is 46.5 Å². The van der Waals surface area contributed by atoms with Crippen LogP contribution in [0.1, 0.15) is 11.1 Å². The van der Waals surface area contributed by atoms with E-state index in [-0.39, 0.29) is 11.8 Å². The maximum Gasteiger partial charge on any atom is 0.258 e. The Balaban J connectivity index is 1.48. The number of amides is 4. The molecular weight excluding hydrogens is 364 g/mol. The van der Waals surface area contributed by atoms with Crippen molar-refractivity contribution in [3.05, 3.63) is 71.8 Å². The van der Waals surface area contributed by atoms with E-state index >= 15 is 0 Å². The zero-order chi connectivity index (χ0) is 19.0. The first kappa shape index (κ1) is 17.0. The molecular formula is C20H12N2O4S. The Kier molecular flexibility index (Phi) is 4.21. The Hall–Kier alpha value is -3.45. The molecule has 0 fully saturated rings. The molecule has 0 aliphatic carbocycles. The van der Waals surface area contributed by atoms with Crippen LogP contribution in [0.4, 0.5) is 0 Å². The molecule has 2 aliphatic rings. The molecule has 0 radical (unpaired) electrons. The minimum Gasteiger partial charge on any atom is -0.289 e. The predicted octanol–water partition coefficient (Wildman–Crippen LogP) is 1.92. The summed E-state index contributed by atoms with van der Waals surface area (Å²) in [5.41, 5.74) is 2.08. The van der Waals surface area contributed by atoms with E-state index in [1.54, 1.807) is 24.3 Å². The van der Waals surface area contributed by atoms with Gasteiger partial charge in [-0.15, -0.1) is 0 Å². The molecule has 0 unspecified atom stereocenters. The Labute approximate surface area is 158 Å². The average Bonchev–Trinajstić information content (AvgIpc) is 3.16. The summed E-state index contributed by atoms with van der Waals surface area (Å²) in [6, 6.07) is 14.7. The number of nitrogens with one attached hydrogen (secondary N) is 2. The molecule has 2 heterocycles. The van der Waals surface area contributed by atoms with Gasteiger partial charge in [0.05, 0.1) is 11.1 Å². The van der Waals surface area contributed by atoms with Gasteiger partial charge in [-0.1, -0.05) is 36.0 Å². The van der Waals surface area contributed by atoms with Gasteiger partial charge >= 0.3 is 0 Å². The maximum atomic E-state index is 11.7. The molecule has 0 spiro atoms. The summed E-state index contributed by atoms with van der Waals surface area (Å²) in [5.74, 6) is -1.58. The van der Waals surface area contributed by atoms with Crippen LogP contribution in [0, 0.1) is 0 Å². The van der Waals surface area contributed by atoms with Crippen molar-refractivity contribution in [1.82, 2.24) is 10.6 Å². The maximum absolute atomic E-state index is 11.7. The van der Waals surface area contributed by atoms with E-state index in [2.05, 4.69) is 10.6 Å². The van der Waals surface area contributed by atoms with E-state index in [0.717, 1.165) is 9.79 Å². The van der Waals surface area contributed by atoms with Crippen LogP contribution in [0.15, 0.2) is 70.5 Å². The summed E-state index contributed by atoms with van der Waals surface area (Å²) < 4.78 is 0. The molecule has 0 bridgehead atoms. The van der Waals surface area contributed by atoms with Crippen LogP contribution in [0.5, 0.6) is 0 Å². The molecule has 27 heavy (non-hydrogen) atoms. The fourth-order valence-corrected chi connectivity index (χ4v) is 3.61. The first-order valence-corrected chi connectivity index (χ1v) is 8.84. The number of carbonyl (C=O) groups is 4. The Morgan fingerprint density at radius 1 is 0.556 bits per heavy atom. The van der Waals surface area contributed by atoms with Crippen LogP contribution >= 0.6 is 11.8 Å². The minimum atomic E-state index is -0.402. The van der Waals surface area contributed by atoms with Crippen molar-refractivity contribution in [2.24, 2.45) is 0 Å². The molecule has 4 amide bonds. The lowest BCUT2D eigenvalue weighted by Crippen LogP contribution is -2.21. The molecule has 2 aromatic carbocycles. The van der Waals surface area contributed by atoms with E-state index in [1.165, 1.54) is 23.9 Å². The molecule has 4 rings (SSSR count). The van der Waals surface area contributed by atoms with Crippen molar-refractivity contribution in [3.63, 3.8) is 0 Å². The van der Waals surface area contributed by atoms with Crippen molar-refractivity contribution in [2.45, 2.75) is 9.79 Å².